The van der Waals surface area contributed by atoms with Gasteiger partial charge in [-0.2, -0.15) is 0 Å². The van der Waals surface area contributed by atoms with E-state index in [0.29, 0.717) is 39.5 Å². The van der Waals surface area contributed by atoms with Gasteiger partial charge in [-0.3, -0.25) is 28.8 Å². The van der Waals surface area contributed by atoms with Crippen molar-refractivity contribution in [1.29, 1.82) is 0 Å². The van der Waals surface area contributed by atoms with Crippen LogP contribution in [0.1, 0.15) is 80.7 Å². The summed E-state index contributed by atoms with van der Waals surface area (Å²) in [5.41, 5.74) is 5.19. The summed E-state index contributed by atoms with van der Waals surface area (Å²) in [6.07, 6.45) is 0. The van der Waals surface area contributed by atoms with Crippen molar-refractivity contribution in [3.63, 3.8) is 0 Å². The number of rotatable bonds is 16. The summed E-state index contributed by atoms with van der Waals surface area (Å²) in [6.45, 7) is 7.71. The second kappa shape index (κ2) is 34.4. The Labute approximate surface area is 585 Å². The molecule has 0 atom stereocenters. The highest BCUT2D eigenvalue weighted by Crippen LogP contribution is 2.37. The molecule has 0 spiro atoms. The molecule has 0 bridgehead atoms. The first-order valence-electron chi connectivity index (χ1n) is 29.5. The molecule has 0 saturated carbocycles. The second-order valence-corrected chi connectivity index (χ2v) is 21.2. The largest absolute Gasteiger partial charge is 0.873 e. The van der Waals surface area contributed by atoms with Crippen LogP contribution in [-0.2, 0) is 0 Å². The molecule has 0 unspecified atom stereocenters. The Morgan fingerprint density at radius 3 is 0.971 bits per heavy atom. The molecular weight excluding hydrogens is 1330 g/mol. The third-order valence-electron chi connectivity index (χ3n) is 14.4. The first-order valence-corrected chi connectivity index (χ1v) is 29.5. The van der Waals surface area contributed by atoms with E-state index in [1.165, 1.54) is 126 Å². The molecule has 11 aromatic rings. The molecule has 0 radical (unpaired) electrons. The summed E-state index contributed by atoms with van der Waals surface area (Å²) in [6, 6.07) is 52.3. The van der Waals surface area contributed by atoms with Crippen molar-refractivity contribution >= 4 is 91.7 Å². The molecule has 12 N–H and O–H groups in total. The van der Waals surface area contributed by atoms with E-state index in [0.717, 1.165) is 23.6 Å². The van der Waals surface area contributed by atoms with Crippen LogP contribution in [0.15, 0.2) is 232 Å². The molecule has 526 valence electrons. The molecule has 0 saturated heterocycles. The van der Waals surface area contributed by atoms with Gasteiger partial charge >= 0.3 is 0 Å². The molecule has 0 aromatic heterocycles. The molecule has 28 nitrogen and oxygen atoms in total. The normalized spacial score (nSPS) is 10.2. The topological polar surface area (TPSA) is 510 Å². The van der Waals surface area contributed by atoms with Crippen LogP contribution >= 0.6 is 0 Å². The molecule has 0 aliphatic heterocycles. The van der Waals surface area contributed by atoms with E-state index in [1.54, 1.807) is 78.9 Å². The standard InChI is InChI=1S/C25H20N2O5.C21H18N2O5.C20H16N2O6.C8H6N2O4.CH4/c1-14(15-6-4-12-21(28)23(15)30)26-19-10-2-8-17-16(19)7-3-11-20(17)27-25(32)18-9-5-13-22(29)24(18)31;1-12(15-4-2-6-17(24)19(15)26)22-13-8-10-14(11-9-13)23-21(28)16-5-3-7-18(25)20(16)27;23-15-8-2-6-13(17(15)25)19(27)21-11-4-1-5-12(10-11)22-20(28)14-7-3-9-16(24)18(14)26;11-7(9-13)5-2-1-3-6(4-5)8(12)10-14;/h2-13,26,28-31H,1H2,(H,27,32);2-11,22,24-27H,1H2,(H,23,28);1-10,23-26H,(H,21,27)(H,22,28);1-4H,(H2-2,9,10,11,12,13,14);1H4/q;;;-2;/p-8. The van der Waals surface area contributed by atoms with Crippen molar-refractivity contribution in [1.82, 2.24) is 11.0 Å². The number of hydrogen-bond donors (Lipinski definition) is 12. The molecule has 0 aliphatic carbocycles. The number of anilines is 6. The Hall–Kier alpha value is -14.9. The van der Waals surface area contributed by atoms with E-state index in [9.17, 15) is 100 Å². The van der Waals surface area contributed by atoms with E-state index in [1.807, 2.05) is 6.07 Å². The number of benzene rings is 11. The van der Waals surface area contributed by atoms with Gasteiger partial charge in [-0.1, -0.05) is 153 Å². The number of para-hydroxylation sites is 6. The van der Waals surface area contributed by atoms with Crippen molar-refractivity contribution < 1.29 is 90.0 Å². The van der Waals surface area contributed by atoms with Crippen molar-refractivity contribution in [2.75, 3.05) is 31.9 Å². The van der Waals surface area contributed by atoms with E-state index in [4.69, 9.17) is 0 Å². The third-order valence-corrected chi connectivity index (χ3v) is 14.4. The number of carbonyl (C=O) groups excluding carboxylic acids is 6. The fourth-order valence-corrected chi connectivity index (χ4v) is 9.34. The Morgan fingerprint density at radius 2 is 0.573 bits per heavy atom. The summed E-state index contributed by atoms with van der Waals surface area (Å²) in [4.78, 5) is 70.9. The zero-order valence-corrected chi connectivity index (χ0v) is 52.5. The van der Waals surface area contributed by atoms with Gasteiger partial charge in [-0.15, -0.1) is 23.0 Å². The maximum atomic E-state index is 12.6. The summed E-state index contributed by atoms with van der Waals surface area (Å²) >= 11 is 0. The van der Waals surface area contributed by atoms with Gasteiger partial charge in [0.2, 0.25) is 11.8 Å². The molecule has 0 aliphatic rings. The van der Waals surface area contributed by atoms with Gasteiger partial charge in [0.1, 0.15) is 23.0 Å². The molecule has 28 heteroatoms. The fraction of sp³-hybridized carbons (Fsp3) is 0.0133. The minimum absolute atomic E-state index is 0. The number of fused-ring (bicyclic) bond motifs is 1. The lowest BCUT2D eigenvalue weighted by atomic mass is 10.0. The monoisotopic (exact) mass is 1390 g/mol. The first-order chi connectivity index (χ1) is 48.8. The molecular formula is C75H56N8O20-10. The Bertz CT molecular complexity index is 4730. The Kier molecular flexibility index (Phi) is 25.2. The number of carbonyl (C=O) groups is 6. The van der Waals surface area contributed by atoms with E-state index >= 15 is 0 Å². The molecule has 0 fully saturated rings. The van der Waals surface area contributed by atoms with E-state index in [-0.39, 0.29) is 74.8 Å². The number of hydroxylamine groups is 2. The molecule has 6 amide bonds. The Morgan fingerprint density at radius 1 is 0.282 bits per heavy atom. The second-order valence-electron chi connectivity index (χ2n) is 21.2. The van der Waals surface area contributed by atoms with Crippen molar-refractivity contribution in [3.8, 4) is 69.0 Å². The van der Waals surface area contributed by atoms with Crippen LogP contribution in [0.2, 0.25) is 0 Å². The predicted molar refractivity (Wildman–Crippen MR) is 370 cm³/mol. The molecule has 11 aromatic carbocycles. The van der Waals surface area contributed by atoms with Crippen molar-refractivity contribution in [2.45, 2.75) is 7.43 Å². The quantitative estimate of drug-likeness (QED) is 0.0415. The van der Waals surface area contributed by atoms with Gasteiger partial charge < -0.3 is 115 Å². The van der Waals surface area contributed by atoms with Gasteiger partial charge in [-0.05, 0) is 120 Å². The third kappa shape index (κ3) is 18.8. The first kappa shape index (κ1) is 75.5. The molecule has 0 heterocycles. The average Bonchev–Trinajstić information content (AvgIpc) is 0.795. The van der Waals surface area contributed by atoms with Crippen molar-refractivity contribution in [2.24, 2.45) is 0 Å². The van der Waals surface area contributed by atoms with Crippen LogP contribution in [-0.4, -0.2) is 55.9 Å². The summed E-state index contributed by atoms with van der Waals surface area (Å²) < 4.78 is 0. The molecule has 103 heavy (non-hydrogen) atoms. The Balaban J connectivity index is 0.000000198. The summed E-state index contributed by atoms with van der Waals surface area (Å²) in [5, 5.41) is 170. The lowest BCUT2D eigenvalue weighted by molar-refractivity contribution is -0.317. The lowest BCUT2D eigenvalue weighted by Gasteiger charge is -2.21. The van der Waals surface area contributed by atoms with Gasteiger partial charge in [0.05, 0.1) is 0 Å². The predicted octanol–water partition coefficient (Wildman–Crippen LogP) is 7.58. The number of phenols is 4. The maximum absolute atomic E-state index is 12.6. The van der Waals surface area contributed by atoms with E-state index in [2.05, 4.69) is 45.1 Å². The number of amides is 6. The smallest absolute Gasteiger partial charge is 0.255 e. The summed E-state index contributed by atoms with van der Waals surface area (Å²) in [7, 11) is 0. The van der Waals surface area contributed by atoms with E-state index < -0.39 is 92.9 Å². The van der Waals surface area contributed by atoms with Crippen LogP contribution in [0.3, 0.4) is 0 Å². The van der Waals surface area contributed by atoms with Gasteiger partial charge in [-0.25, -0.2) is 0 Å². The van der Waals surface area contributed by atoms with Crippen molar-refractivity contribution in [3.05, 3.63) is 286 Å². The average molecular weight is 1390 g/mol. The minimum atomic E-state index is -0.912. The minimum Gasteiger partial charge on any atom is -0.873 e. The van der Waals surface area contributed by atoms with Crippen LogP contribution < -0.4 is 83.7 Å². The van der Waals surface area contributed by atoms with Crippen LogP contribution in [0.5, 0.6) is 69.0 Å². The SMILES string of the molecule is C.C=C(Nc1ccc(NC(=O)c2cccc(O)c2[O-])cc1)c1cccc(O)c1[O-].C=C(Nc1cccc2c(NC(=O)c3cccc(O)c3[O-])cccc12)c1cccc(O)c1[O-].O=C(N[O-])c1cccc(C(=O)N[O-])c1.O=C(Nc1cccc(NC(=O)c2cccc([O-])c2[O-])c1)c1cccc([O-])c1[O-]. The van der Waals surface area contributed by atoms with Gasteiger partial charge in [0.25, 0.3) is 23.6 Å². The highest BCUT2D eigenvalue weighted by atomic mass is 16.5. The highest BCUT2D eigenvalue weighted by molar-refractivity contribution is 6.13. The molecule has 11 rings (SSSR count). The van der Waals surface area contributed by atoms with Gasteiger partial charge in [0.15, 0.2) is 0 Å². The van der Waals surface area contributed by atoms with Crippen LogP contribution in [0, 0.1) is 10.4 Å². The van der Waals surface area contributed by atoms with Gasteiger partial charge in [0, 0.05) is 89.7 Å². The summed E-state index contributed by atoms with van der Waals surface area (Å²) in [5.74, 6) is -12.2. The maximum Gasteiger partial charge on any atom is 0.255 e. The number of hydrogen-bond acceptors (Lipinski definition) is 22. The number of nitrogens with one attached hydrogen (secondary N) is 8. The highest BCUT2D eigenvalue weighted by Gasteiger charge is 2.16. The zero-order chi connectivity index (χ0) is 73.9. The van der Waals surface area contributed by atoms with Crippen LogP contribution in [0.25, 0.3) is 22.2 Å². The zero-order valence-electron chi connectivity index (χ0n) is 52.5. The number of phenolic OH excluding ortho intramolecular Hbond substituents is 4. The number of aromatic hydroxyl groups is 4. The van der Waals surface area contributed by atoms with Crippen LogP contribution in [0.4, 0.5) is 34.1 Å². The fourth-order valence-electron chi connectivity index (χ4n) is 9.34. The lowest BCUT2D eigenvalue weighted by Crippen LogP contribution is -2.19.